The average Bonchev–Trinajstić information content (AvgIpc) is 2.83. The zero-order valence-corrected chi connectivity index (χ0v) is 19.1. The van der Waals surface area contributed by atoms with Crippen LogP contribution in [0.2, 0.25) is 5.02 Å². The van der Waals surface area contributed by atoms with E-state index in [0.717, 1.165) is 17.5 Å². The molecule has 180 valence electrons. The van der Waals surface area contributed by atoms with Gasteiger partial charge in [0.2, 0.25) is 0 Å². The lowest BCUT2D eigenvalue weighted by Gasteiger charge is -2.35. The number of hydrogen-bond acceptors (Lipinski definition) is 6. The molecule has 0 atom stereocenters. The quantitative estimate of drug-likeness (QED) is 0.566. The number of fused-ring (bicyclic) bond motifs is 1. The minimum Gasteiger partial charge on any atom is -0.493 e. The number of urea groups is 1. The highest BCUT2D eigenvalue weighted by Crippen LogP contribution is 2.37. The molecule has 3 aromatic rings. The van der Waals surface area contributed by atoms with E-state index in [1.54, 1.807) is 26.4 Å². The second-order valence-corrected chi connectivity index (χ2v) is 7.93. The van der Waals surface area contributed by atoms with Gasteiger partial charge >= 0.3 is 12.2 Å². The molecule has 1 saturated heterocycles. The van der Waals surface area contributed by atoms with Crippen molar-refractivity contribution in [2.75, 3.05) is 50.6 Å². The molecular weight excluding hydrogens is 475 g/mol. The van der Waals surface area contributed by atoms with Crippen molar-refractivity contribution < 1.29 is 27.4 Å². The molecule has 0 radical (unpaired) electrons. The van der Waals surface area contributed by atoms with Crippen LogP contribution in [-0.4, -0.2) is 61.3 Å². The van der Waals surface area contributed by atoms with E-state index in [1.165, 1.54) is 17.3 Å². The van der Waals surface area contributed by atoms with Crippen molar-refractivity contribution in [2.24, 2.45) is 0 Å². The van der Waals surface area contributed by atoms with Crippen LogP contribution in [0.1, 0.15) is 5.56 Å². The molecule has 0 unspecified atom stereocenters. The van der Waals surface area contributed by atoms with Crippen molar-refractivity contribution in [3.05, 3.63) is 47.2 Å². The van der Waals surface area contributed by atoms with E-state index in [2.05, 4.69) is 15.3 Å². The van der Waals surface area contributed by atoms with Gasteiger partial charge in [-0.3, -0.25) is 0 Å². The molecule has 1 aromatic heterocycles. The van der Waals surface area contributed by atoms with Crippen molar-refractivity contribution in [3.8, 4) is 11.5 Å². The van der Waals surface area contributed by atoms with Crippen LogP contribution >= 0.6 is 11.6 Å². The lowest BCUT2D eigenvalue weighted by molar-refractivity contribution is -0.137. The molecular formula is C22H21ClF3N5O3. The summed E-state index contributed by atoms with van der Waals surface area (Å²) >= 11 is 5.64. The normalized spacial score (nSPS) is 14.3. The molecule has 1 aliphatic heterocycles. The number of carbonyl (C=O) groups is 1. The fraction of sp³-hybridized carbons (Fsp3) is 0.318. The molecule has 0 spiro atoms. The van der Waals surface area contributed by atoms with E-state index in [1.807, 2.05) is 4.90 Å². The molecule has 8 nitrogen and oxygen atoms in total. The largest absolute Gasteiger partial charge is 0.493 e. The third-order valence-corrected chi connectivity index (χ3v) is 5.84. The minimum atomic E-state index is -4.61. The fourth-order valence-electron chi connectivity index (χ4n) is 3.77. The summed E-state index contributed by atoms with van der Waals surface area (Å²) in [6.45, 7) is 1.65. The van der Waals surface area contributed by atoms with Gasteiger partial charge in [0.1, 0.15) is 12.1 Å². The highest BCUT2D eigenvalue weighted by Gasteiger charge is 2.33. The zero-order chi connectivity index (χ0) is 24.5. The maximum atomic E-state index is 13.1. The fourth-order valence-corrected chi connectivity index (χ4v) is 3.99. The molecule has 2 heterocycles. The maximum Gasteiger partial charge on any atom is 0.417 e. The Morgan fingerprint density at radius 3 is 2.35 bits per heavy atom. The van der Waals surface area contributed by atoms with Crippen LogP contribution in [0.15, 0.2) is 36.7 Å². The molecule has 34 heavy (non-hydrogen) atoms. The Bertz CT molecular complexity index is 1220. The number of piperazine rings is 1. The Morgan fingerprint density at radius 2 is 1.71 bits per heavy atom. The van der Waals surface area contributed by atoms with Gasteiger partial charge in [0, 0.05) is 43.3 Å². The van der Waals surface area contributed by atoms with E-state index < -0.39 is 22.8 Å². The summed E-state index contributed by atoms with van der Waals surface area (Å²) in [5, 5.41) is 2.87. The van der Waals surface area contributed by atoms with Crippen LogP contribution < -0.4 is 19.7 Å². The zero-order valence-electron chi connectivity index (χ0n) is 18.3. The number of alkyl halides is 3. The predicted molar refractivity (Wildman–Crippen MR) is 122 cm³/mol. The summed E-state index contributed by atoms with van der Waals surface area (Å²) < 4.78 is 50.0. The molecule has 1 fully saturated rings. The van der Waals surface area contributed by atoms with E-state index in [4.69, 9.17) is 21.1 Å². The van der Waals surface area contributed by atoms with Crippen molar-refractivity contribution in [1.82, 2.24) is 14.9 Å². The van der Waals surface area contributed by atoms with E-state index in [9.17, 15) is 18.0 Å². The summed E-state index contributed by atoms with van der Waals surface area (Å²) in [6.07, 6.45) is -3.15. The SMILES string of the molecule is COc1cc2ncnc(N3CCN(C(=O)Nc4ccc(Cl)c(C(F)(F)F)c4)CC3)c2cc1OC. The number of hydrogen-bond donors (Lipinski definition) is 1. The monoisotopic (exact) mass is 495 g/mol. The third-order valence-electron chi connectivity index (χ3n) is 5.51. The minimum absolute atomic E-state index is 0.0204. The Morgan fingerprint density at radius 1 is 1.03 bits per heavy atom. The summed E-state index contributed by atoms with van der Waals surface area (Å²) in [4.78, 5) is 24.9. The van der Waals surface area contributed by atoms with Gasteiger partial charge in [-0.2, -0.15) is 13.2 Å². The van der Waals surface area contributed by atoms with Crippen LogP contribution in [-0.2, 0) is 6.18 Å². The average molecular weight is 496 g/mol. The smallest absolute Gasteiger partial charge is 0.417 e. The second-order valence-electron chi connectivity index (χ2n) is 7.52. The van der Waals surface area contributed by atoms with Gasteiger partial charge in [0.25, 0.3) is 0 Å². The Balaban J connectivity index is 1.47. The number of anilines is 2. The molecule has 1 N–H and O–H groups in total. The number of amides is 2. The molecule has 0 bridgehead atoms. The first-order valence-electron chi connectivity index (χ1n) is 10.3. The number of carbonyl (C=O) groups excluding carboxylic acids is 1. The molecule has 0 aliphatic carbocycles. The Hall–Kier alpha value is -3.47. The first-order chi connectivity index (χ1) is 16.2. The van der Waals surface area contributed by atoms with Gasteiger partial charge in [-0.1, -0.05) is 11.6 Å². The van der Waals surface area contributed by atoms with Gasteiger partial charge in [-0.25, -0.2) is 14.8 Å². The van der Waals surface area contributed by atoms with Crippen LogP contribution in [0, 0.1) is 0 Å². The maximum absolute atomic E-state index is 13.1. The molecule has 2 amide bonds. The number of nitrogens with zero attached hydrogens (tertiary/aromatic N) is 4. The number of benzene rings is 2. The van der Waals surface area contributed by atoms with Gasteiger partial charge in [-0.15, -0.1) is 0 Å². The van der Waals surface area contributed by atoms with Crippen molar-refractivity contribution in [3.63, 3.8) is 0 Å². The molecule has 1 aliphatic rings. The number of halogens is 4. The lowest BCUT2D eigenvalue weighted by Crippen LogP contribution is -2.50. The first kappa shape index (κ1) is 23.7. The van der Waals surface area contributed by atoms with Crippen molar-refractivity contribution in [2.45, 2.75) is 6.18 Å². The van der Waals surface area contributed by atoms with Gasteiger partial charge in [0.05, 0.1) is 30.3 Å². The highest BCUT2D eigenvalue weighted by atomic mass is 35.5. The number of ether oxygens (including phenoxy) is 2. The molecule has 2 aromatic carbocycles. The Kier molecular flexibility index (Phi) is 6.56. The summed E-state index contributed by atoms with van der Waals surface area (Å²) in [6, 6.07) is 6.35. The standard InChI is InChI=1S/C22H21ClF3N5O3/c1-33-18-10-14-17(11-19(18)34-2)27-12-28-20(14)30-5-7-31(8-6-30)21(32)29-13-3-4-16(23)15(9-13)22(24,25)26/h3-4,9-12H,5-8H2,1-2H3,(H,29,32). The Labute approximate surface area is 198 Å². The summed E-state index contributed by atoms with van der Waals surface area (Å²) in [7, 11) is 3.09. The van der Waals surface area contributed by atoms with Crippen LogP contribution in [0.25, 0.3) is 10.9 Å². The third kappa shape index (κ3) is 4.74. The van der Waals surface area contributed by atoms with Crippen LogP contribution in [0.5, 0.6) is 11.5 Å². The lowest BCUT2D eigenvalue weighted by atomic mass is 10.2. The van der Waals surface area contributed by atoms with Crippen molar-refractivity contribution in [1.29, 1.82) is 0 Å². The van der Waals surface area contributed by atoms with Crippen molar-refractivity contribution >= 4 is 40.0 Å². The first-order valence-corrected chi connectivity index (χ1v) is 10.6. The number of aromatic nitrogens is 2. The van der Waals surface area contributed by atoms with Gasteiger partial charge < -0.3 is 24.6 Å². The predicted octanol–water partition coefficient (Wildman–Crippen LogP) is 4.67. The summed E-state index contributed by atoms with van der Waals surface area (Å²) in [5.74, 6) is 1.79. The van der Waals surface area contributed by atoms with Gasteiger partial charge in [-0.05, 0) is 24.3 Å². The number of methoxy groups -OCH3 is 2. The number of nitrogens with one attached hydrogen (secondary N) is 1. The number of rotatable bonds is 4. The molecule has 4 rings (SSSR count). The molecule has 12 heteroatoms. The topological polar surface area (TPSA) is 79.8 Å². The van der Waals surface area contributed by atoms with E-state index >= 15 is 0 Å². The van der Waals surface area contributed by atoms with E-state index in [-0.39, 0.29) is 5.69 Å². The van der Waals surface area contributed by atoms with Crippen LogP contribution in [0.4, 0.5) is 29.5 Å². The second kappa shape index (κ2) is 9.41. The molecule has 0 saturated carbocycles. The van der Waals surface area contributed by atoms with E-state index in [0.29, 0.717) is 49.0 Å². The highest BCUT2D eigenvalue weighted by molar-refractivity contribution is 6.31. The van der Waals surface area contributed by atoms with Gasteiger partial charge in [0.15, 0.2) is 11.5 Å². The summed E-state index contributed by atoms with van der Waals surface area (Å²) in [5.41, 5.74) is -0.294. The van der Waals surface area contributed by atoms with Crippen LogP contribution in [0.3, 0.4) is 0 Å².